The van der Waals surface area contributed by atoms with E-state index in [0.717, 1.165) is 59.6 Å². The van der Waals surface area contributed by atoms with E-state index in [1.54, 1.807) is 17.4 Å². The molecular formula is C26H32N2O6S2. The Morgan fingerprint density at radius 1 is 1.11 bits per heavy atom. The molecule has 2 amide bonds. The highest BCUT2D eigenvalue weighted by Gasteiger charge is 2.38. The molecule has 0 bridgehead atoms. The Balaban J connectivity index is 1.44. The fraction of sp³-hybridized carbons (Fsp3) is 0.500. The Bertz CT molecular complexity index is 1060. The molecule has 8 nitrogen and oxygen atoms in total. The lowest BCUT2D eigenvalue weighted by Gasteiger charge is -2.35. The Morgan fingerprint density at radius 2 is 2.00 bits per heavy atom. The number of anilines is 1. The minimum Gasteiger partial charge on any atom is -0.456 e. The molecule has 2 N–H and O–H groups in total. The van der Waals surface area contributed by atoms with Gasteiger partial charge in [-0.15, -0.1) is 23.1 Å². The van der Waals surface area contributed by atoms with E-state index in [-0.39, 0.29) is 23.6 Å². The van der Waals surface area contributed by atoms with Crippen LogP contribution in [0.25, 0.3) is 10.4 Å². The van der Waals surface area contributed by atoms with Crippen LogP contribution < -0.4 is 10.8 Å². The van der Waals surface area contributed by atoms with Crippen molar-refractivity contribution in [3.05, 3.63) is 41.3 Å². The van der Waals surface area contributed by atoms with Crippen LogP contribution in [0.2, 0.25) is 0 Å². The molecule has 2 aromatic rings. The van der Waals surface area contributed by atoms with E-state index in [1.165, 1.54) is 6.92 Å². The second kappa shape index (κ2) is 12.7. The SMILES string of the molecule is CC(=O)OCC(=O)Nc1cccc(-c2ccc([C@@]3(CC(=O)NOC4CCCCO4)CCCCS3)s2)c1. The lowest BCUT2D eigenvalue weighted by Crippen LogP contribution is -2.37. The van der Waals surface area contributed by atoms with Crippen LogP contribution in [-0.4, -0.2) is 43.0 Å². The summed E-state index contributed by atoms with van der Waals surface area (Å²) in [5, 5.41) is 2.76. The molecule has 2 saturated heterocycles. The highest BCUT2D eigenvalue weighted by molar-refractivity contribution is 8.00. The highest BCUT2D eigenvalue weighted by Crippen LogP contribution is 2.51. The molecule has 1 aromatic heterocycles. The van der Waals surface area contributed by atoms with Gasteiger partial charge in [-0.3, -0.25) is 14.4 Å². The maximum atomic E-state index is 12.9. The van der Waals surface area contributed by atoms with Crippen molar-refractivity contribution in [1.29, 1.82) is 0 Å². The van der Waals surface area contributed by atoms with Gasteiger partial charge in [0.15, 0.2) is 12.9 Å². The topological polar surface area (TPSA) is 103 Å². The Hall–Kier alpha value is -2.40. The predicted molar refractivity (Wildman–Crippen MR) is 140 cm³/mol. The number of amides is 2. The molecule has 3 heterocycles. The molecule has 0 aliphatic carbocycles. The van der Waals surface area contributed by atoms with Crippen LogP contribution >= 0.6 is 23.1 Å². The van der Waals surface area contributed by atoms with Crippen LogP contribution in [0, 0.1) is 0 Å². The number of nitrogens with one attached hydrogen (secondary N) is 2. The van der Waals surface area contributed by atoms with Crippen molar-refractivity contribution in [2.24, 2.45) is 0 Å². The first-order chi connectivity index (χ1) is 17.4. The van der Waals surface area contributed by atoms with Crippen LogP contribution in [0.3, 0.4) is 0 Å². The second-order valence-corrected chi connectivity index (χ2v) is 11.6. The van der Waals surface area contributed by atoms with Gasteiger partial charge in [0, 0.05) is 41.8 Å². The summed E-state index contributed by atoms with van der Waals surface area (Å²) in [4.78, 5) is 43.6. The van der Waals surface area contributed by atoms with Crippen molar-refractivity contribution in [2.75, 3.05) is 24.3 Å². The van der Waals surface area contributed by atoms with Crippen LogP contribution in [0.4, 0.5) is 5.69 Å². The molecule has 0 radical (unpaired) electrons. The summed E-state index contributed by atoms with van der Waals surface area (Å²) in [5.74, 6) is -0.0107. The summed E-state index contributed by atoms with van der Waals surface area (Å²) in [5.41, 5.74) is 4.23. The Kier molecular flexibility index (Phi) is 9.41. The molecule has 4 rings (SSSR count). The predicted octanol–water partition coefficient (Wildman–Crippen LogP) is 4.99. The van der Waals surface area contributed by atoms with Crippen molar-refractivity contribution in [1.82, 2.24) is 5.48 Å². The number of carbonyl (C=O) groups excluding carboxylic acids is 3. The van der Waals surface area contributed by atoms with Gasteiger partial charge in [-0.2, -0.15) is 0 Å². The van der Waals surface area contributed by atoms with E-state index in [1.807, 2.05) is 30.0 Å². The molecule has 2 aliphatic rings. The zero-order valence-corrected chi connectivity index (χ0v) is 22.0. The minimum absolute atomic E-state index is 0.133. The maximum Gasteiger partial charge on any atom is 0.303 e. The zero-order valence-electron chi connectivity index (χ0n) is 20.4. The van der Waals surface area contributed by atoms with Gasteiger partial charge < -0.3 is 14.8 Å². The summed E-state index contributed by atoms with van der Waals surface area (Å²) in [7, 11) is 0. The average molecular weight is 533 g/mol. The van der Waals surface area contributed by atoms with Crippen molar-refractivity contribution in [3.63, 3.8) is 0 Å². The van der Waals surface area contributed by atoms with E-state index in [9.17, 15) is 14.4 Å². The summed E-state index contributed by atoms with van der Waals surface area (Å²) in [6.45, 7) is 1.61. The third-order valence-electron chi connectivity index (χ3n) is 6.13. The number of rotatable bonds is 9. The standard InChI is InChI=1S/C26H32N2O6S2/c1-18(29)33-17-24(31)27-20-8-6-7-19(15-20)21-10-11-22(36-21)26(12-3-5-14-35-26)16-23(30)28-34-25-9-2-4-13-32-25/h6-8,10-11,15,25H,2-5,9,12-14,16-17H2,1H3,(H,27,31)(H,28,30)/t25?,26-/m0/s1. The van der Waals surface area contributed by atoms with Crippen LogP contribution in [-0.2, 0) is 33.4 Å². The molecule has 0 saturated carbocycles. The molecule has 10 heteroatoms. The number of carbonyl (C=O) groups is 3. The van der Waals surface area contributed by atoms with E-state index in [0.29, 0.717) is 18.7 Å². The molecule has 36 heavy (non-hydrogen) atoms. The number of hydrogen-bond donors (Lipinski definition) is 2. The first kappa shape index (κ1) is 26.7. The smallest absolute Gasteiger partial charge is 0.303 e. The molecule has 1 aromatic carbocycles. The monoisotopic (exact) mass is 532 g/mol. The lowest BCUT2D eigenvalue weighted by atomic mass is 9.94. The van der Waals surface area contributed by atoms with Gasteiger partial charge in [-0.25, -0.2) is 10.3 Å². The number of hydrogen-bond acceptors (Lipinski definition) is 8. The molecule has 2 aliphatic heterocycles. The minimum atomic E-state index is -0.498. The molecule has 0 spiro atoms. The number of esters is 1. The lowest BCUT2D eigenvalue weighted by molar-refractivity contribution is -0.200. The molecule has 2 atom stereocenters. The first-order valence-corrected chi connectivity index (χ1v) is 14.1. The van der Waals surface area contributed by atoms with Gasteiger partial charge >= 0.3 is 5.97 Å². The Labute approximate surface area is 219 Å². The van der Waals surface area contributed by atoms with Crippen LogP contribution in [0.5, 0.6) is 0 Å². The molecule has 2 fully saturated rings. The fourth-order valence-corrected chi connectivity index (χ4v) is 7.24. The molecular weight excluding hydrogens is 500 g/mol. The highest BCUT2D eigenvalue weighted by atomic mass is 32.2. The normalized spacial score (nSPS) is 22.0. The van der Waals surface area contributed by atoms with Crippen LogP contribution in [0.15, 0.2) is 36.4 Å². The summed E-state index contributed by atoms with van der Waals surface area (Å²) >= 11 is 3.52. The van der Waals surface area contributed by atoms with Gasteiger partial charge in [-0.1, -0.05) is 18.6 Å². The fourth-order valence-electron chi connectivity index (χ4n) is 4.36. The van der Waals surface area contributed by atoms with Gasteiger partial charge in [0.05, 0.1) is 4.75 Å². The third-order valence-corrected chi connectivity index (χ3v) is 9.22. The number of thioether (sulfide) groups is 1. The van der Waals surface area contributed by atoms with Crippen LogP contribution in [0.1, 0.15) is 56.7 Å². The largest absolute Gasteiger partial charge is 0.456 e. The van der Waals surface area contributed by atoms with Crippen molar-refractivity contribution in [2.45, 2.75) is 62.9 Å². The van der Waals surface area contributed by atoms with E-state index in [2.05, 4.69) is 22.9 Å². The van der Waals surface area contributed by atoms with Crippen molar-refractivity contribution in [3.8, 4) is 10.4 Å². The van der Waals surface area contributed by atoms with Gasteiger partial charge in [-0.05, 0) is 61.3 Å². The van der Waals surface area contributed by atoms with Gasteiger partial charge in [0.2, 0.25) is 5.91 Å². The second-order valence-electron chi connectivity index (χ2n) is 8.99. The van der Waals surface area contributed by atoms with Gasteiger partial charge in [0.25, 0.3) is 5.91 Å². The average Bonchev–Trinajstić information content (AvgIpc) is 3.39. The maximum absolute atomic E-state index is 12.9. The number of thiophene rings is 1. The first-order valence-electron chi connectivity index (χ1n) is 12.3. The number of ether oxygens (including phenoxy) is 2. The number of benzene rings is 1. The Morgan fingerprint density at radius 3 is 2.75 bits per heavy atom. The summed E-state index contributed by atoms with van der Waals surface area (Å²) < 4.78 is 10.0. The zero-order chi connectivity index (χ0) is 25.4. The summed E-state index contributed by atoms with van der Waals surface area (Å²) in [6.07, 6.45) is 5.98. The van der Waals surface area contributed by atoms with Gasteiger partial charge in [0.1, 0.15) is 0 Å². The van der Waals surface area contributed by atoms with Crippen molar-refractivity contribution < 1.29 is 28.7 Å². The molecule has 194 valence electrons. The summed E-state index contributed by atoms with van der Waals surface area (Å²) in [6, 6.07) is 11.7. The third kappa shape index (κ3) is 7.32. The van der Waals surface area contributed by atoms with E-state index >= 15 is 0 Å². The number of hydroxylamine groups is 1. The van der Waals surface area contributed by atoms with E-state index in [4.69, 9.17) is 14.3 Å². The molecule has 1 unspecified atom stereocenters. The van der Waals surface area contributed by atoms with E-state index < -0.39 is 11.9 Å². The quantitative estimate of drug-likeness (QED) is 0.346. The van der Waals surface area contributed by atoms with Crippen molar-refractivity contribution >= 4 is 46.6 Å².